The van der Waals surface area contributed by atoms with E-state index < -0.39 is 0 Å². The molecule has 1 aromatic heterocycles. The van der Waals surface area contributed by atoms with Gasteiger partial charge in [-0.3, -0.25) is 0 Å². The van der Waals surface area contributed by atoms with E-state index in [-0.39, 0.29) is 0 Å². The van der Waals surface area contributed by atoms with Crippen molar-refractivity contribution in [3.63, 3.8) is 0 Å². The summed E-state index contributed by atoms with van der Waals surface area (Å²) in [4.78, 5) is 7.20. The highest BCUT2D eigenvalue weighted by Gasteiger charge is 2.35. The second-order valence-electron chi connectivity index (χ2n) is 5.59. The molecule has 2 fully saturated rings. The summed E-state index contributed by atoms with van der Waals surface area (Å²) in [6.07, 6.45) is 5.37. The van der Waals surface area contributed by atoms with Crippen molar-refractivity contribution in [2.75, 3.05) is 18.1 Å². The molecular weight excluding hydrogens is 238 g/mol. The molecule has 0 aromatic carbocycles. The molecule has 0 amide bonds. The summed E-state index contributed by atoms with van der Waals surface area (Å²) in [6.45, 7) is 4.34. The number of nitrogens with two attached hydrogens (primary N) is 1. The molecule has 1 saturated carbocycles. The Balaban J connectivity index is 1.93. The molecule has 2 atom stereocenters. The zero-order valence-corrected chi connectivity index (χ0v) is 11.6. The maximum absolute atomic E-state index is 5.94. The van der Waals surface area contributed by atoms with Crippen molar-refractivity contribution < 1.29 is 4.74 Å². The van der Waals surface area contributed by atoms with Crippen LogP contribution in [0.4, 0.5) is 5.82 Å². The molecule has 0 bridgehead atoms. The van der Waals surface area contributed by atoms with Crippen LogP contribution < -0.4 is 10.6 Å². The van der Waals surface area contributed by atoms with Crippen LogP contribution in [0.15, 0.2) is 12.1 Å². The van der Waals surface area contributed by atoms with Crippen LogP contribution in [0.3, 0.4) is 0 Å². The Morgan fingerprint density at radius 1 is 1.37 bits per heavy atom. The Kier molecular flexibility index (Phi) is 3.71. The number of rotatable bonds is 2. The fourth-order valence-corrected chi connectivity index (χ4v) is 3.34. The summed E-state index contributed by atoms with van der Waals surface area (Å²) in [5.41, 5.74) is 8.09. The lowest BCUT2D eigenvalue weighted by Crippen LogP contribution is -2.53. The standard InChI is InChI=1S/C15H23N3O/c1-11-6-7-12(10-16)15(17-11)18-8-9-19-14-5-3-2-4-13(14)18/h6-7,13-14H,2-5,8-10,16H2,1H3. The molecule has 104 valence electrons. The first-order chi connectivity index (χ1) is 9.29. The Morgan fingerprint density at radius 3 is 3.05 bits per heavy atom. The summed E-state index contributed by atoms with van der Waals surface area (Å²) in [5, 5.41) is 0. The van der Waals surface area contributed by atoms with Gasteiger partial charge < -0.3 is 15.4 Å². The molecular formula is C15H23N3O. The Labute approximate surface area is 115 Å². The number of morpholine rings is 1. The highest BCUT2D eigenvalue weighted by atomic mass is 16.5. The molecule has 3 rings (SSSR count). The molecule has 2 heterocycles. The Hall–Kier alpha value is -1.13. The van der Waals surface area contributed by atoms with Crippen molar-refractivity contribution in [2.45, 2.75) is 51.3 Å². The normalized spacial score (nSPS) is 27.2. The molecule has 2 N–H and O–H groups in total. The number of aromatic nitrogens is 1. The molecule has 2 aliphatic rings. The molecule has 0 spiro atoms. The first-order valence-corrected chi connectivity index (χ1v) is 7.34. The molecule has 1 aliphatic heterocycles. The smallest absolute Gasteiger partial charge is 0.133 e. The third kappa shape index (κ3) is 2.47. The average Bonchev–Trinajstić information content (AvgIpc) is 2.46. The quantitative estimate of drug-likeness (QED) is 0.884. The third-order valence-corrected chi connectivity index (χ3v) is 4.32. The fraction of sp³-hybridized carbons (Fsp3) is 0.667. The third-order valence-electron chi connectivity index (χ3n) is 4.32. The predicted molar refractivity (Wildman–Crippen MR) is 76.2 cm³/mol. The van der Waals surface area contributed by atoms with Gasteiger partial charge in [-0.25, -0.2) is 4.98 Å². The lowest BCUT2D eigenvalue weighted by atomic mass is 9.90. The van der Waals surface area contributed by atoms with Crippen LogP contribution in [-0.4, -0.2) is 30.3 Å². The van der Waals surface area contributed by atoms with Gasteiger partial charge in [0.05, 0.1) is 18.8 Å². The summed E-state index contributed by atoms with van der Waals surface area (Å²) >= 11 is 0. The van der Waals surface area contributed by atoms with Crippen LogP contribution in [0.1, 0.15) is 36.9 Å². The maximum Gasteiger partial charge on any atom is 0.133 e. The summed E-state index contributed by atoms with van der Waals surface area (Å²) in [7, 11) is 0. The molecule has 2 unspecified atom stereocenters. The van der Waals surface area contributed by atoms with E-state index in [2.05, 4.69) is 11.0 Å². The van der Waals surface area contributed by atoms with E-state index in [0.717, 1.165) is 30.2 Å². The minimum Gasteiger partial charge on any atom is -0.374 e. The van der Waals surface area contributed by atoms with E-state index in [0.29, 0.717) is 18.7 Å². The minimum atomic E-state index is 0.385. The summed E-state index contributed by atoms with van der Waals surface area (Å²) in [6, 6.07) is 4.65. The van der Waals surface area contributed by atoms with Crippen LogP contribution in [0.5, 0.6) is 0 Å². The van der Waals surface area contributed by atoms with Crippen molar-refractivity contribution in [3.8, 4) is 0 Å². The predicted octanol–water partition coefficient (Wildman–Crippen LogP) is 2.00. The van der Waals surface area contributed by atoms with E-state index in [1.807, 2.05) is 13.0 Å². The van der Waals surface area contributed by atoms with Gasteiger partial charge in [-0.1, -0.05) is 18.9 Å². The van der Waals surface area contributed by atoms with Gasteiger partial charge in [-0.15, -0.1) is 0 Å². The van der Waals surface area contributed by atoms with E-state index in [1.165, 1.54) is 25.7 Å². The van der Waals surface area contributed by atoms with Gasteiger partial charge in [-0.05, 0) is 25.8 Å². The van der Waals surface area contributed by atoms with Crippen molar-refractivity contribution in [2.24, 2.45) is 5.73 Å². The van der Waals surface area contributed by atoms with Crippen molar-refractivity contribution in [3.05, 3.63) is 23.4 Å². The molecule has 19 heavy (non-hydrogen) atoms. The van der Waals surface area contributed by atoms with Gasteiger partial charge in [0, 0.05) is 24.3 Å². The number of nitrogens with zero attached hydrogens (tertiary/aromatic N) is 2. The zero-order chi connectivity index (χ0) is 13.2. The van der Waals surface area contributed by atoms with Gasteiger partial charge in [0.2, 0.25) is 0 Å². The number of fused-ring (bicyclic) bond motifs is 1. The number of aryl methyl sites for hydroxylation is 1. The van der Waals surface area contributed by atoms with Crippen LogP contribution in [0.25, 0.3) is 0 Å². The summed E-state index contributed by atoms with van der Waals surface area (Å²) in [5.74, 6) is 1.09. The summed E-state index contributed by atoms with van der Waals surface area (Å²) < 4.78 is 5.94. The first-order valence-electron chi connectivity index (χ1n) is 7.34. The maximum atomic E-state index is 5.94. The minimum absolute atomic E-state index is 0.385. The number of pyridine rings is 1. The molecule has 1 aromatic rings. The van der Waals surface area contributed by atoms with E-state index in [9.17, 15) is 0 Å². The zero-order valence-electron chi connectivity index (χ0n) is 11.6. The van der Waals surface area contributed by atoms with E-state index in [1.54, 1.807) is 0 Å². The molecule has 4 heteroatoms. The van der Waals surface area contributed by atoms with Crippen molar-refractivity contribution in [1.82, 2.24) is 4.98 Å². The highest BCUT2D eigenvalue weighted by Crippen LogP contribution is 2.32. The topological polar surface area (TPSA) is 51.4 Å². The van der Waals surface area contributed by atoms with E-state index in [4.69, 9.17) is 15.5 Å². The van der Waals surface area contributed by atoms with Crippen molar-refractivity contribution >= 4 is 5.82 Å². The lowest BCUT2D eigenvalue weighted by Gasteiger charge is -2.45. The number of hydrogen-bond donors (Lipinski definition) is 1. The number of ether oxygens (including phenoxy) is 1. The molecule has 4 nitrogen and oxygen atoms in total. The molecule has 0 radical (unpaired) electrons. The van der Waals surface area contributed by atoms with Crippen LogP contribution in [0.2, 0.25) is 0 Å². The number of hydrogen-bond acceptors (Lipinski definition) is 4. The molecule has 1 saturated heterocycles. The first kappa shape index (κ1) is 12.9. The largest absolute Gasteiger partial charge is 0.374 e. The second kappa shape index (κ2) is 5.47. The van der Waals surface area contributed by atoms with Crippen LogP contribution in [0, 0.1) is 6.92 Å². The fourth-order valence-electron chi connectivity index (χ4n) is 3.34. The van der Waals surface area contributed by atoms with Gasteiger partial charge >= 0.3 is 0 Å². The van der Waals surface area contributed by atoms with E-state index >= 15 is 0 Å². The molecule has 1 aliphatic carbocycles. The monoisotopic (exact) mass is 261 g/mol. The van der Waals surface area contributed by atoms with Gasteiger partial charge in [0.15, 0.2) is 0 Å². The van der Waals surface area contributed by atoms with Crippen LogP contribution >= 0.6 is 0 Å². The Bertz CT molecular complexity index is 447. The SMILES string of the molecule is Cc1ccc(CN)c(N2CCOC3CCCCC32)n1. The van der Waals surface area contributed by atoms with Gasteiger partial charge in [-0.2, -0.15) is 0 Å². The number of anilines is 1. The van der Waals surface area contributed by atoms with Gasteiger partial charge in [0.1, 0.15) is 5.82 Å². The highest BCUT2D eigenvalue weighted by molar-refractivity contribution is 5.49. The Morgan fingerprint density at radius 2 is 2.21 bits per heavy atom. The van der Waals surface area contributed by atoms with Gasteiger partial charge in [0.25, 0.3) is 0 Å². The second-order valence-corrected chi connectivity index (χ2v) is 5.59. The average molecular weight is 261 g/mol. The van der Waals surface area contributed by atoms with Crippen LogP contribution in [-0.2, 0) is 11.3 Å². The van der Waals surface area contributed by atoms with Crippen molar-refractivity contribution in [1.29, 1.82) is 0 Å². The lowest BCUT2D eigenvalue weighted by molar-refractivity contribution is -0.00905.